The van der Waals surface area contributed by atoms with Gasteiger partial charge in [0.25, 0.3) is 5.91 Å². The third-order valence-electron chi connectivity index (χ3n) is 7.16. The van der Waals surface area contributed by atoms with Gasteiger partial charge in [-0.2, -0.15) is 0 Å². The van der Waals surface area contributed by atoms with Gasteiger partial charge in [-0.25, -0.2) is 0 Å². The first-order valence-electron chi connectivity index (χ1n) is 13.5. The maximum Gasteiger partial charge on any atom is 0.261 e. The van der Waals surface area contributed by atoms with E-state index in [-0.39, 0.29) is 31.0 Å². The van der Waals surface area contributed by atoms with E-state index in [0.29, 0.717) is 17.2 Å². The molecule has 0 aromatic heterocycles. The fourth-order valence-corrected chi connectivity index (χ4v) is 5.23. The number of hydrogen-bond acceptors (Lipinski definition) is 3. The average Bonchev–Trinajstić information content (AvgIpc) is 2.92. The quantitative estimate of drug-likeness (QED) is 0.327. The number of benzene rings is 3. The summed E-state index contributed by atoms with van der Waals surface area (Å²) in [4.78, 5) is 29.3. The van der Waals surface area contributed by atoms with Crippen LogP contribution in [0, 0.1) is 13.8 Å². The third kappa shape index (κ3) is 7.84. The topological polar surface area (TPSA) is 58.6 Å². The highest BCUT2D eigenvalue weighted by molar-refractivity contribution is 6.30. The molecular weight excluding hydrogens is 496 g/mol. The van der Waals surface area contributed by atoms with Gasteiger partial charge in [-0.1, -0.05) is 85.5 Å². The highest BCUT2D eigenvalue weighted by Crippen LogP contribution is 2.22. The van der Waals surface area contributed by atoms with Gasteiger partial charge in [-0.05, 0) is 67.1 Å². The molecule has 0 unspecified atom stereocenters. The second-order valence-corrected chi connectivity index (χ2v) is 10.7. The highest BCUT2D eigenvalue weighted by atomic mass is 35.5. The Morgan fingerprint density at radius 2 is 1.68 bits per heavy atom. The molecule has 0 heterocycles. The number of nitrogens with one attached hydrogen (secondary N) is 1. The van der Waals surface area contributed by atoms with Gasteiger partial charge in [0.2, 0.25) is 5.91 Å². The zero-order valence-corrected chi connectivity index (χ0v) is 23.0. The summed E-state index contributed by atoms with van der Waals surface area (Å²) in [5, 5.41) is 3.85. The first-order chi connectivity index (χ1) is 18.4. The number of hydrogen-bond donors (Lipinski definition) is 1. The average molecular weight is 533 g/mol. The van der Waals surface area contributed by atoms with E-state index in [9.17, 15) is 9.59 Å². The summed E-state index contributed by atoms with van der Waals surface area (Å²) in [6, 6.07) is 22.7. The Bertz CT molecular complexity index is 1220. The number of carbonyl (C=O) groups is 2. The van der Waals surface area contributed by atoms with Crippen molar-refractivity contribution >= 4 is 23.4 Å². The molecule has 1 saturated carbocycles. The van der Waals surface area contributed by atoms with Gasteiger partial charge < -0.3 is 15.0 Å². The SMILES string of the molecule is Cc1ccc(C)c(OCC(=O)N(Cc2cccc(Cl)c2)[C@H](Cc2ccccc2)C(=O)NC2CCCCC2)c1. The number of rotatable bonds is 10. The molecule has 1 fully saturated rings. The van der Waals surface area contributed by atoms with Crippen molar-refractivity contribution in [2.24, 2.45) is 0 Å². The van der Waals surface area contributed by atoms with Crippen molar-refractivity contribution in [3.63, 3.8) is 0 Å². The molecule has 1 aliphatic carbocycles. The number of aryl methyl sites for hydroxylation is 2. The van der Waals surface area contributed by atoms with Crippen LogP contribution in [0.4, 0.5) is 0 Å². The summed E-state index contributed by atoms with van der Waals surface area (Å²) in [5.41, 5.74) is 3.88. The van der Waals surface area contributed by atoms with Crippen LogP contribution < -0.4 is 10.1 Å². The van der Waals surface area contributed by atoms with E-state index in [0.717, 1.165) is 47.9 Å². The predicted octanol–water partition coefficient (Wildman–Crippen LogP) is 6.42. The number of halogens is 1. The zero-order chi connectivity index (χ0) is 26.9. The van der Waals surface area contributed by atoms with Crippen LogP contribution in [-0.2, 0) is 22.6 Å². The number of amides is 2. The van der Waals surface area contributed by atoms with Crippen molar-refractivity contribution < 1.29 is 14.3 Å². The fraction of sp³-hybridized carbons (Fsp3) is 0.375. The van der Waals surface area contributed by atoms with Crippen LogP contribution >= 0.6 is 11.6 Å². The van der Waals surface area contributed by atoms with Crippen molar-refractivity contribution in [1.29, 1.82) is 0 Å². The zero-order valence-electron chi connectivity index (χ0n) is 22.3. The van der Waals surface area contributed by atoms with Gasteiger partial charge in [0, 0.05) is 24.0 Å². The van der Waals surface area contributed by atoms with E-state index in [4.69, 9.17) is 16.3 Å². The van der Waals surface area contributed by atoms with Gasteiger partial charge in [0.05, 0.1) is 0 Å². The molecule has 1 aliphatic rings. The lowest BCUT2D eigenvalue weighted by Crippen LogP contribution is -2.53. The maximum absolute atomic E-state index is 13.8. The van der Waals surface area contributed by atoms with E-state index >= 15 is 0 Å². The van der Waals surface area contributed by atoms with Crippen LogP contribution in [0.2, 0.25) is 5.02 Å². The van der Waals surface area contributed by atoms with Gasteiger partial charge in [0.1, 0.15) is 11.8 Å². The maximum atomic E-state index is 13.8. The molecule has 0 aliphatic heterocycles. The standard InChI is InChI=1S/C32H37ClN2O3/c1-23-16-17-24(2)30(18-23)38-22-31(36)35(21-26-12-9-13-27(33)19-26)29(20-25-10-5-3-6-11-25)32(37)34-28-14-7-4-8-15-28/h3,5-6,9-13,16-19,28-29H,4,7-8,14-15,20-22H2,1-2H3,(H,34,37)/t29-/m1/s1. The smallest absolute Gasteiger partial charge is 0.261 e. The molecule has 38 heavy (non-hydrogen) atoms. The predicted molar refractivity (Wildman–Crippen MR) is 152 cm³/mol. The minimum Gasteiger partial charge on any atom is -0.483 e. The molecular formula is C32H37ClN2O3. The van der Waals surface area contributed by atoms with Gasteiger partial charge >= 0.3 is 0 Å². The summed E-state index contributed by atoms with van der Waals surface area (Å²) in [7, 11) is 0. The van der Waals surface area contributed by atoms with Gasteiger partial charge in [0.15, 0.2) is 6.61 Å². The summed E-state index contributed by atoms with van der Waals surface area (Å²) >= 11 is 6.27. The first kappa shape index (κ1) is 27.7. The van der Waals surface area contributed by atoms with Crippen molar-refractivity contribution in [2.75, 3.05) is 6.61 Å². The normalized spacial score (nSPS) is 14.5. The van der Waals surface area contributed by atoms with E-state index in [1.54, 1.807) is 11.0 Å². The molecule has 5 nitrogen and oxygen atoms in total. The van der Waals surface area contributed by atoms with Crippen molar-refractivity contribution in [2.45, 2.75) is 71.0 Å². The first-order valence-corrected chi connectivity index (χ1v) is 13.8. The Balaban J connectivity index is 1.62. The highest BCUT2D eigenvalue weighted by Gasteiger charge is 2.32. The molecule has 0 saturated heterocycles. The lowest BCUT2D eigenvalue weighted by molar-refractivity contribution is -0.143. The van der Waals surface area contributed by atoms with Crippen LogP contribution in [0.15, 0.2) is 72.8 Å². The molecule has 0 radical (unpaired) electrons. The summed E-state index contributed by atoms with van der Waals surface area (Å²) < 4.78 is 6.00. The Morgan fingerprint density at radius 1 is 0.947 bits per heavy atom. The number of ether oxygens (including phenoxy) is 1. The van der Waals surface area contributed by atoms with Crippen molar-refractivity contribution in [1.82, 2.24) is 10.2 Å². The van der Waals surface area contributed by atoms with Gasteiger partial charge in [-0.3, -0.25) is 9.59 Å². The monoisotopic (exact) mass is 532 g/mol. The van der Waals surface area contributed by atoms with Crippen LogP contribution in [0.1, 0.15) is 54.4 Å². The Hall–Kier alpha value is -3.31. The van der Waals surface area contributed by atoms with Crippen molar-refractivity contribution in [3.8, 4) is 5.75 Å². The van der Waals surface area contributed by atoms with Crippen LogP contribution in [0.25, 0.3) is 0 Å². The second-order valence-electron chi connectivity index (χ2n) is 10.3. The largest absolute Gasteiger partial charge is 0.483 e. The fourth-order valence-electron chi connectivity index (χ4n) is 5.02. The van der Waals surface area contributed by atoms with E-state index in [2.05, 4.69) is 5.32 Å². The van der Waals surface area contributed by atoms with E-state index < -0.39 is 6.04 Å². The lowest BCUT2D eigenvalue weighted by atomic mass is 9.94. The molecule has 1 atom stereocenters. The molecule has 6 heteroatoms. The molecule has 0 bridgehead atoms. The van der Waals surface area contributed by atoms with Gasteiger partial charge in [-0.15, -0.1) is 0 Å². The minimum absolute atomic E-state index is 0.122. The van der Waals surface area contributed by atoms with Crippen LogP contribution in [0.3, 0.4) is 0 Å². The number of nitrogens with zero attached hydrogens (tertiary/aromatic N) is 1. The molecule has 4 rings (SSSR count). The van der Waals surface area contributed by atoms with E-state index in [1.165, 1.54) is 6.42 Å². The molecule has 3 aromatic carbocycles. The molecule has 2 amide bonds. The lowest BCUT2D eigenvalue weighted by Gasteiger charge is -2.33. The number of carbonyl (C=O) groups excluding carboxylic acids is 2. The summed E-state index contributed by atoms with van der Waals surface area (Å²) in [6.07, 6.45) is 5.79. The van der Waals surface area contributed by atoms with Crippen molar-refractivity contribution in [3.05, 3.63) is 100 Å². The molecule has 0 spiro atoms. The Labute approximate surface area is 231 Å². The van der Waals surface area contributed by atoms with Crippen LogP contribution in [0.5, 0.6) is 5.75 Å². The summed E-state index contributed by atoms with van der Waals surface area (Å²) in [6.45, 7) is 4.04. The molecule has 1 N–H and O–H groups in total. The van der Waals surface area contributed by atoms with Crippen LogP contribution in [-0.4, -0.2) is 35.4 Å². The second kappa shape index (κ2) is 13.5. The Kier molecular flexibility index (Phi) is 9.83. The molecule has 3 aromatic rings. The van der Waals surface area contributed by atoms with E-state index in [1.807, 2.05) is 80.6 Å². The summed E-state index contributed by atoms with van der Waals surface area (Å²) in [5.74, 6) is 0.306. The molecule has 200 valence electrons. The third-order valence-corrected chi connectivity index (χ3v) is 7.39. The minimum atomic E-state index is -0.687. The Morgan fingerprint density at radius 3 is 2.42 bits per heavy atom.